The molecule has 0 aliphatic carbocycles. The Morgan fingerprint density at radius 2 is 1.85 bits per heavy atom. The first kappa shape index (κ1) is 16.8. The predicted octanol–water partition coefficient (Wildman–Crippen LogP) is 4.68. The molecule has 0 radical (unpaired) electrons. The van der Waals surface area contributed by atoms with Gasteiger partial charge in [-0.25, -0.2) is 4.39 Å². The van der Waals surface area contributed by atoms with Crippen molar-refractivity contribution >= 4 is 17.2 Å². The van der Waals surface area contributed by atoms with E-state index in [-0.39, 0.29) is 17.8 Å². The summed E-state index contributed by atoms with van der Waals surface area (Å²) in [5.41, 5.74) is 2.68. The predicted molar refractivity (Wildman–Crippen MR) is 100 cm³/mol. The Balaban J connectivity index is 1.73. The van der Waals surface area contributed by atoms with Crippen molar-refractivity contribution in [1.82, 2.24) is 4.90 Å². The van der Waals surface area contributed by atoms with E-state index in [0.29, 0.717) is 12.1 Å². The lowest BCUT2D eigenvalue weighted by molar-refractivity contribution is 0.0696. The topological polar surface area (TPSA) is 29.5 Å². The van der Waals surface area contributed by atoms with Gasteiger partial charge >= 0.3 is 0 Å². The summed E-state index contributed by atoms with van der Waals surface area (Å²) in [6.45, 7) is 0.639. The van der Waals surface area contributed by atoms with Crippen molar-refractivity contribution in [2.45, 2.75) is 12.5 Å². The zero-order chi connectivity index (χ0) is 18.1. The number of fused-ring (bicyclic) bond motifs is 1. The first-order chi connectivity index (χ1) is 12.7. The lowest BCUT2D eigenvalue weighted by Crippen LogP contribution is -2.40. The Kier molecular flexibility index (Phi) is 4.47. The quantitative estimate of drug-likeness (QED) is 0.672. The van der Waals surface area contributed by atoms with Crippen molar-refractivity contribution in [3.63, 3.8) is 0 Å². The number of carbonyl (C=O) groups is 1. The zero-order valence-corrected chi connectivity index (χ0v) is 15.1. The van der Waals surface area contributed by atoms with Crippen LogP contribution in [0.3, 0.4) is 0 Å². The standard InChI is InChI=1S/C21H18FNO2S/c1-25-17-8-4-15(5-9-17)21(24)23-12-10-19-18(11-13-26-19)20(23)14-2-6-16(22)7-3-14/h2-9,11,13,20H,10,12H2,1H3. The van der Waals surface area contributed by atoms with Crippen molar-refractivity contribution in [3.8, 4) is 5.75 Å². The lowest BCUT2D eigenvalue weighted by Gasteiger charge is -2.36. The van der Waals surface area contributed by atoms with Gasteiger partial charge in [0.2, 0.25) is 0 Å². The van der Waals surface area contributed by atoms with Crippen LogP contribution >= 0.6 is 11.3 Å². The maximum atomic E-state index is 13.4. The summed E-state index contributed by atoms with van der Waals surface area (Å²) >= 11 is 1.71. The Morgan fingerprint density at radius 3 is 2.54 bits per heavy atom. The number of hydrogen-bond donors (Lipinski definition) is 0. The van der Waals surface area contributed by atoms with Crippen LogP contribution in [0.5, 0.6) is 5.75 Å². The van der Waals surface area contributed by atoms with Crippen molar-refractivity contribution < 1.29 is 13.9 Å². The summed E-state index contributed by atoms with van der Waals surface area (Å²) in [7, 11) is 1.60. The van der Waals surface area contributed by atoms with Gasteiger partial charge in [-0.2, -0.15) is 0 Å². The van der Waals surface area contributed by atoms with Crippen LogP contribution in [0.2, 0.25) is 0 Å². The summed E-state index contributed by atoms with van der Waals surface area (Å²) in [5.74, 6) is 0.414. The summed E-state index contributed by atoms with van der Waals surface area (Å²) in [5, 5.41) is 2.06. The third-order valence-corrected chi connectivity index (χ3v) is 5.75. The highest BCUT2D eigenvalue weighted by atomic mass is 32.1. The van der Waals surface area contributed by atoms with Crippen LogP contribution in [-0.4, -0.2) is 24.5 Å². The molecule has 1 atom stereocenters. The van der Waals surface area contributed by atoms with E-state index in [2.05, 4.69) is 11.4 Å². The van der Waals surface area contributed by atoms with Crippen LogP contribution in [0.25, 0.3) is 0 Å². The fourth-order valence-electron chi connectivity index (χ4n) is 3.44. The number of ether oxygens (including phenoxy) is 1. The van der Waals surface area contributed by atoms with E-state index in [1.165, 1.54) is 17.0 Å². The third-order valence-electron chi connectivity index (χ3n) is 4.75. The molecule has 1 aromatic heterocycles. The van der Waals surface area contributed by atoms with Crippen molar-refractivity contribution in [2.75, 3.05) is 13.7 Å². The number of halogens is 1. The van der Waals surface area contributed by atoms with Crippen LogP contribution in [-0.2, 0) is 6.42 Å². The van der Waals surface area contributed by atoms with Crippen LogP contribution < -0.4 is 4.74 Å². The Bertz CT molecular complexity index is 918. The Hall–Kier alpha value is -2.66. The zero-order valence-electron chi connectivity index (χ0n) is 14.3. The van der Waals surface area contributed by atoms with Crippen LogP contribution in [0.1, 0.15) is 32.4 Å². The number of rotatable bonds is 3. The molecular formula is C21H18FNO2S. The fraction of sp³-hybridized carbons (Fsp3) is 0.190. The van der Waals surface area contributed by atoms with E-state index in [0.717, 1.165) is 23.3 Å². The molecule has 2 aromatic carbocycles. The smallest absolute Gasteiger partial charge is 0.254 e. The molecule has 26 heavy (non-hydrogen) atoms. The monoisotopic (exact) mass is 367 g/mol. The van der Waals surface area contributed by atoms with E-state index in [1.807, 2.05) is 4.90 Å². The largest absolute Gasteiger partial charge is 0.497 e. The van der Waals surface area contributed by atoms with E-state index in [9.17, 15) is 9.18 Å². The van der Waals surface area contributed by atoms with Gasteiger partial charge in [0.05, 0.1) is 13.2 Å². The number of benzene rings is 2. The van der Waals surface area contributed by atoms with Crippen molar-refractivity contribution in [2.24, 2.45) is 0 Å². The fourth-order valence-corrected chi connectivity index (χ4v) is 4.34. The molecule has 3 nitrogen and oxygen atoms in total. The molecular weight excluding hydrogens is 349 g/mol. The van der Waals surface area contributed by atoms with Gasteiger partial charge < -0.3 is 9.64 Å². The number of carbonyl (C=O) groups excluding carboxylic acids is 1. The van der Waals surface area contributed by atoms with Gasteiger partial charge in [0.15, 0.2) is 0 Å². The summed E-state index contributed by atoms with van der Waals surface area (Å²) < 4.78 is 18.6. The molecule has 1 unspecified atom stereocenters. The first-order valence-electron chi connectivity index (χ1n) is 8.44. The first-order valence-corrected chi connectivity index (χ1v) is 9.32. The summed E-state index contributed by atoms with van der Waals surface area (Å²) in [6.07, 6.45) is 0.840. The number of nitrogens with zero attached hydrogens (tertiary/aromatic N) is 1. The highest BCUT2D eigenvalue weighted by Crippen LogP contribution is 2.38. The number of thiophene rings is 1. The summed E-state index contributed by atoms with van der Waals surface area (Å²) in [6, 6.07) is 15.5. The highest BCUT2D eigenvalue weighted by molar-refractivity contribution is 7.10. The van der Waals surface area contributed by atoms with Gasteiger partial charge in [0.1, 0.15) is 11.6 Å². The molecule has 3 aromatic rings. The van der Waals surface area contributed by atoms with Crippen LogP contribution in [0, 0.1) is 5.82 Å². The van der Waals surface area contributed by atoms with E-state index in [1.54, 1.807) is 54.8 Å². The van der Waals surface area contributed by atoms with Gasteiger partial charge in [0.25, 0.3) is 5.91 Å². The number of hydrogen-bond acceptors (Lipinski definition) is 3. The maximum absolute atomic E-state index is 13.4. The van der Waals surface area contributed by atoms with Crippen LogP contribution in [0.15, 0.2) is 60.0 Å². The molecule has 0 saturated heterocycles. The molecule has 0 fully saturated rings. The van der Waals surface area contributed by atoms with E-state index < -0.39 is 0 Å². The molecule has 2 heterocycles. The van der Waals surface area contributed by atoms with Gasteiger partial charge in [-0.05, 0) is 65.4 Å². The molecule has 4 rings (SSSR count). The molecule has 0 N–H and O–H groups in total. The van der Waals surface area contributed by atoms with Crippen molar-refractivity contribution in [1.29, 1.82) is 0 Å². The molecule has 1 amide bonds. The number of amides is 1. The lowest BCUT2D eigenvalue weighted by atomic mass is 9.92. The molecule has 1 aliphatic heterocycles. The SMILES string of the molecule is COc1ccc(C(=O)N2CCc3sccc3C2c2ccc(F)cc2)cc1. The molecule has 1 aliphatic rings. The molecule has 5 heteroatoms. The second-order valence-electron chi connectivity index (χ2n) is 6.23. The second-order valence-corrected chi connectivity index (χ2v) is 7.23. The van der Waals surface area contributed by atoms with Crippen molar-refractivity contribution in [3.05, 3.63) is 87.4 Å². The highest BCUT2D eigenvalue weighted by Gasteiger charge is 2.33. The van der Waals surface area contributed by atoms with Gasteiger partial charge in [-0.15, -0.1) is 11.3 Å². The minimum atomic E-state index is -0.275. The molecule has 132 valence electrons. The van der Waals surface area contributed by atoms with E-state index in [4.69, 9.17) is 4.74 Å². The van der Waals surface area contributed by atoms with Gasteiger partial charge in [0, 0.05) is 17.0 Å². The molecule has 0 saturated carbocycles. The average molecular weight is 367 g/mol. The summed E-state index contributed by atoms with van der Waals surface area (Å²) in [4.78, 5) is 16.4. The Morgan fingerprint density at radius 1 is 1.12 bits per heavy atom. The minimum absolute atomic E-state index is 0.0289. The van der Waals surface area contributed by atoms with Gasteiger partial charge in [-0.3, -0.25) is 4.79 Å². The normalized spacial score (nSPS) is 16.2. The Labute approximate surface area is 155 Å². The van der Waals surface area contributed by atoms with Gasteiger partial charge in [-0.1, -0.05) is 12.1 Å². The average Bonchev–Trinajstić information content (AvgIpc) is 3.16. The van der Waals surface area contributed by atoms with Crippen LogP contribution in [0.4, 0.5) is 4.39 Å². The number of methoxy groups -OCH3 is 1. The second kappa shape index (κ2) is 6.92. The third kappa shape index (κ3) is 2.99. The molecule has 0 spiro atoms. The van der Waals surface area contributed by atoms with E-state index >= 15 is 0 Å². The molecule has 0 bridgehead atoms. The minimum Gasteiger partial charge on any atom is -0.497 e. The maximum Gasteiger partial charge on any atom is 0.254 e.